The molecule has 9 rings (SSSR count). The zero-order chi connectivity index (χ0) is 31.2. The van der Waals surface area contributed by atoms with Crippen LogP contribution in [0.1, 0.15) is 0 Å². The van der Waals surface area contributed by atoms with E-state index >= 15 is 0 Å². The minimum absolute atomic E-state index is 0.564. The van der Waals surface area contributed by atoms with Gasteiger partial charge >= 0.3 is 0 Å². The summed E-state index contributed by atoms with van der Waals surface area (Å²) in [4.78, 5) is 15.4. The van der Waals surface area contributed by atoms with Crippen LogP contribution < -0.4 is 0 Å². The van der Waals surface area contributed by atoms with E-state index in [-0.39, 0.29) is 0 Å². The van der Waals surface area contributed by atoms with Gasteiger partial charge in [-0.15, -0.1) is 0 Å². The van der Waals surface area contributed by atoms with Crippen molar-refractivity contribution in [1.29, 1.82) is 0 Å². The Morgan fingerprint density at radius 2 is 0.915 bits per heavy atom. The molecule has 4 heteroatoms. The molecule has 0 radical (unpaired) electrons. The molecular weight excluding hydrogens is 574 g/mol. The molecule has 2 aromatic heterocycles. The normalized spacial score (nSPS) is 11.4. The fourth-order valence-electron chi connectivity index (χ4n) is 6.36. The highest BCUT2D eigenvalue weighted by Gasteiger charge is 2.19. The fraction of sp³-hybridized carbons (Fsp3) is 0. The summed E-state index contributed by atoms with van der Waals surface area (Å²) >= 11 is 0. The lowest BCUT2D eigenvalue weighted by Gasteiger charge is -2.13. The Morgan fingerprint density at radius 3 is 1.66 bits per heavy atom. The quantitative estimate of drug-likeness (QED) is 0.197. The van der Waals surface area contributed by atoms with Gasteiger partial charge in [-0.3, -0.25) is 0 Å². The topological polar surface area (TPSA) is 51.8 Å². The number of para-hydroxylation sites is 2. The van der Waals surface area contributed by atoms with Gasteiger partial charge in [-0.1, -0.05) is 127 Å². The monoisotopic (exact) mass is 601 g/mol. The second kappa shape index (κ2) is 11.2. The van der Waals surface area contributed by atoms with Crippen molar-refractivity contribution < 1.29 is 4.42 Å². The molecule has 0 spiro atoms. The summed E-state index contributed by atoms with van der Waals surface area (Å²) in [5.41, 5.74) is 8.70. The lowest BCUT2D eigenvalue weighted by atomic mass is 9.96. The van der Waals surface area contributed by atoms with E-state index in [0.29, 0.717) is 17.5 Å². The first kappa shape index (κ1) is 27.0. The molecular formula is C43H27N3O. The van der Waals surface area contributed by atoms with Crippen LogP contribution in [-0.2, 0) is 0 Å². The number of fused-ring (bicyclic) bond motifs is 4. The van der Waals surface area contributed by atoms with Gasteiger partial charge in [0.15, 0.2) is 17.5 Å². The average molecular weight is 602 g/mol. The van der Waals surface area contributed by atoms with Crippen LogP contribution in [0.5, 0.6) is 0 Å². The molecule has 0 atom stereocenters. The van der Waals surface area contributed by atoms with Crippen LogP contribution in [0.4, 0.5) is 0 Å². The standard InChI is InChI=1S/C43H27N3O/c1-3-12-28(13-4-1)33-25-34(29-14-5-2-6-15-29)27-35(26-33)42-44-41(32-23-22-30-16-7-8-17-31(30)24-32)45-43(46-42)38-20-11-19-37-36-18-9-10-21-39(36)47-40(37)38/h1-27H. The van der Waals surface area contributed by atoms with Crippen molar-refractivity contribution >= 4 is 32.7 Å². The van der Waals surface area contributed by atoms with Crippen molar-refractivity contribution in [2.45, 2.75) is 0 Å². The molecule has 0 aliphatic heterocycles. The van der Waals surface area contributed by atoms with E-state index < -0.39 is 0 Å². The number of hydrogen-bond acceptors (Lipinski definition) is 4. The van der Waals surface area contributed by atoms with Crippen LogP contribution in [0.2, 0.25) is 0 Å². The molecule has 220 valence electrons. The highest BCUT2D eigenvalue weighted by Crippen LogP contribution is 2.37. The van der Waals surface area contributed by atoms with Crippen molar-refractivity contribution in [2.24, 2.45) is 0 Å². The van der Waals surface area contributed by atoms with Crippen molar-refractivity contribution in [3.05, 3.63) is 164 Å². The van der Waals surface area contributed by atoms with Crippen molar-refractivity contribution in [1.82, 2.24) is 15.0 Å². The largest absolute Gasteiger partial charge is 0.455 e. The molecule has 9 aromatic rings. The third kappa shape index (κ3) is 4.93. The summed E-state index contributed by atoms with van der Waals surface area (Å²) in [5.74, 6) is 1.77. The van der Waals surface area contributed by atoms with E-state index in [1.807, 2.05) is 42.5 Å². The summed E-state index contributed by atoms with van der Waals surface area (Å²) in [7, 11) is 0. The van der Waals surface area contributed by atoms with Crippen LogP contribution in [0.15, 0.2) is 168 Å². The molecule has 0 unspecified atom stereocenters. The van der Waals surface area contributed by atoms with Crippen LogP contribution in [0, 0.1) is 0 Å². The van der Waals surface area contributed by atoms with E-state index in [4.69, 9.17) is 19.4 Å². The van der Waals surface area contributed by atoms with Gasteiger partial charge in [0, 0.05) is 21.9 Å². The molecule has 2 heterocycles. The first-order chi connectivity index (χ1) is 23.3. The maximum atomic E-state index is 6.44. The third-order valence-corrected chi connectivity index (χ3v) is 8.69. The van der Waals surface area contributed by atoms with Gasteiger partial charge in [0.1, 0.15) is 11.2 Å². The van der Waals surface area contributed by atoms with Crippen molar-refractivity contribution in [3.8, 4) is 56.4 Å². The van der Waals surface area contributed by atoms with Crippen LogP contribution >= 0.6 is 0 Å². The maximum Gasteiger partial charge on any atom is 0.167 e. The number of hydrogen-bond donors (Lipinski definition) is 0. The lowest BCUT2D eigenvalue weighted by molar-refractivity contribution is 0.669. The van der Waals surface area contributed by atoms with Gasteiger partial charge in [-0.2, -0.15) is 0 Å². The third-order valence-electron chi connectivity index (χ3n) is 8.69. The minimum atomic E-state index is 0.564. The van der Waals surface area contributed by atoms with Gasteiger partial charge in [-0.05, 0) is 69.4 Å². The van der Waals surface area contributed by atoms with Crippen LogP contribution in [0.3, 0.4) is 0 Å². The SMILES string of the molecule is c1ccc(-c2cc(-c3ccccc3)cc(-c3nc(-c4ccc5ccccc5c4)nc(-c4cccc5c4oc4ccccc45)n3)c2)cc1. The van der Waals surface area contributed by atoms with E-state index in [2.05, 4.69) is 121 Å². The Balaban J connectivity index is 1.31. The smallest absolute Gasteiger partial charge is 0.167 e. The molecule has 4 nitrogen and oxygen atoms in total. The Hall–Kier alpha value is -6.39. The fourth-order valence-corrected chi connectivity index (χ4v) is 6.36. The first-order valence-corrected chi connectivity index (χ1v) is 15.7. The highest BCUT2D eigenvalue weighted by molar-refractivity contribution is 6.09. The molecule has 0 amide bonds. The lowest BCUT2D eigenvalue weighted by Crippen LogP contribution is -2.01. The predicted octanol–water partition coefficient (Wildman–Crippen LogP) is 11.3. The van der Waals surface area contributed by atoms with Crippen molar-refractivity contribution in [3.63, 3.8) is 0 Å². The zero-order valence-electron chi connectivity index (χ0n) is 25.3. The molecule has 0 saturated heterocycles. The second-order valence-electron chi connectivity index (χ2n) is 11.7. The van der Waals surface area contributed by atoms with E-state index in [1.165, 1.54) is 5.39 Å². The van der Waals surface area contributed by atoms with E-state index in [1.54, 1.807) is 0 Å². The summed E-state index contributed by atoms with van der Waals surface area (Å²) in [6.07, 6.45) is 0. The molecule has 7 aromatic carbocycles. The molecule has 0 aliphatic rings. The number of aromatic nitrogens is 3. The van der Waals surface area contributed by atoms with Crippen LogP contribution in [0.25, 0.3) is 89.1 Å². The number of benzene rings is 7. The molecule has 0 aliphatic carbocycles. The molecule has 0 N–H and O–H groups in total. The summed E-state index contributed by atoms with van der Waals surface area (Å²) in [5, 5.41) is 4.40. The number of nitrogens with zero attached hydrogens (tertiary/aromatic N) is 3. The Kier molecular flexibility index (Phi) is 6.43. The second-order valence-corrected chi connectivity index (χ2v) is 11.7. The Bertz CT molecular complexity index is 2510. The zero-order valence-corrected chi connectivity index (χ0v) is 25.3. The Labute approximate surface area is 271 Å². The molecule has 0 saturated carbocycles. The maximum absolute atomic E-state index is 6.44. The predicted molar refractivity (Wildman–Crippen MR) is 192 cm³/mol. The summed E-state index contributed by atoms with van der Waals surface area (Å²) in [6.45, 7) is 0. The van der Waals surface area contributed by atoms with E-state index in [0.717, 1.165) is 66.3 Å². The van der Waals surface area contributed by atoms with Gasteiger partial charge in [-0.25, -0.2) is 15.0 Å². The van der Waals surface area contributed by atoms with Crippen LogP contribution in [-0.4, -0.2) is 15.0 Å². The first-order valence-electron chi connectivity index (χ1n) is 15.7. The highest BCUT2D eigenvalue weighted by atomic mass is 16.3. The summed E-state index contributed by atoms with van der Waals surface area (Å²) < 4.78 is 6.44. The number of furan rings is 1. The van der Waals surface area contributed by atoms with Gasteiger partial charge in [0.05, 0.1) is 5.56 Å². The minimum Gasteiger partial charge on any atom is -0.455 e. The van der Waals surface area contributed by atoms with Gasteiger partial charge in [0.2, 0.25) is 0 Å². The van der Waals surface area contributed by atoms with E-state index in [9.17, 15) is 0 Å². The average Bonchev–Trinajstić information content (AvgIpc) is 3.54. The van der Waals surface area contributed by atoms with Gasteiger partial charge < -0.3 is 4.42 Å². The number of rotatable bonds is 5. The molecule has 0 bridgehead atoms. The summed E-state index contributed by atoms with van der Waals surface area (Å²) in [6, 6.07) is 56.4. The molecule has 47 heavy (non-hydrogen) atoms. The molecule has 0 fully saturated rings. The van der Waals surface area contributed by atoms with Crippen molar-refractivity contribution in [2.75, 3.05) is 0 Å². The van der Waals surface area contributed by atoms with Gasteiger partial charge in [0.25, 0.3) is 0 Å². The Morgan fingerprint density at radius 1 is 0.340 bits per heavy atom.